The quantitative estimate of drug-likeness (QED) is 0.540. The van der Waals surface area contributed by atoms with E-state index in [0.717, 1.165) is 19.3 Å². The molecule has 5 heteroatoms. The van der Waals surface area contributed by atoms with Crippen LogP contribution >= 0.6 is 0 Å². The molecule has 1 aromatic rings. The zero-order chi connectivity index (χ0) is 17.2. The Morgan fingerprint density at radius 2 is 2.04 bits per heavy atom. The van der Waals surface area contributed by atoms with Gasteiger partial charge in [-0.2, -0.15) is 0 Å². The van der Waals surface area contributed by atoms with Gasteiger partial charge in [-0.1, -0.05) is 44.4 Å². The van der Waals surface area contributed by atoms with Gasteiger partial charge < -0.3 is 19.4 Å². The summed E-state index contributed by atoms with van der Waals surface area (Å²) in [6.07, 6.45) is 8.27. The Bertz CT molecular complexity index is 586. The molecule has 1 aromatic heterocycles. The van der Waals surface area contributed by atoms with Gasteiger partial charge in [0.25, 0.3) is 0 Å². The van der Waals surface area contributed by atoms with Crippen LogP contribution in [0.15, 0.2) is 33.5 Å². The standard InChI is InChI=1S/C18H26O5/c1-4-5-6-10-15(19)16(20)11-8-7-9-14-12-17(22-3)13(2)18(21)23-14/h7-9,11-12,15-16,19-20H,4-6,10H2,1-3H3/b9-7+,11-8+/t15-,16-/m1/s1. The number of hydrogen-bond donors (Lipinski definition) is 2. The summed E-state index contributed by atoms with van der Waals surface area (Å²) in [4.78, 5) is 11.6. The monoisotopic (exact) mass is 322 g/mol. The van der Waals surface area contributed by atoms with Crippen molar-refractivity contribution < 1.29 is 19.4 Å². The van der Waals surface area contributed by atoms with E-state index in [0.29, 0.717) is 23.5 Å². The van der Waals surface area contributed by atoms with Crippen molar-refractivity contribution >= 4 is 6.08 Å². The second-order valence-corrected chi connectivity index (χ2v) is 5.43. The summed E-state index contributed by atoms with van der Waals surface area (Å²) < 4.78 is 10.2. The highest BCUT2D eigenvalue weighted by molar-refractivity contribution is 5.48. The Hall–Kier alpha value is -1.85. The van der Waals surface area contributed by atoms with Gasteiger partial charge in [0.15, 0.2) is 0 Å². The maximum atomic E-state index is 11.6. The van der Waals surface area contributed by atoms with Crippen molar-refractivity contribution in [3.63, 3.8) is 0 Å². The molecule has 0 aliphatic heterocycles. The minimum Gasteiger partial charge on any atom is -0.496 e. The molecule has 0 aliphatic carbocycles. The van der Waals surface area contributed by atoms with Gasteiger partial charge >= 0.3 is 5.63 Å². The molecule has 0 saturated carbocycles. The van der Waals surface area contributed by atoms with Gasteiger partial charge in [0, 0.05) is 6.07 Å². The van der Waals surface area contributed by atoms with Crippen molar-refractivity contribution in [1.29, 1.82) is 0 Å². The third-order valence-corrected chi connectivity index (χ3v) is 3.56. The van der Waals surface area contributed by atoms with Gasteiger partial charge in [-0.15, -0.1) is 0 Å². The van der Waals surface area contributed by atoms with E-state index >= 15 is 0 Å². The molecular formula is C18H26O5. The van der Waals surface area contributed by atoms with Gasteiger partial charge in [-0.05, 0) is 19.4 Å². The molecule has 128 valence electrons. The van der Waals surface area contributed by atoms with Crippen LogP contribution in [0.2, 0.25) is 0 Å². The van der Waals surface area contributed by atoms with Gasteiger partial charge in [0.1, 0.15) is 11.5 Å². The molecule has 0 aromatic carbocycles. The molecule has 0 radical (unpaired) electrons. The molecule has 0 unspecified atom stereocenters. The molecule has 5 nitrogen and oxygen atoms in total. The third-order valence-electron chi connectivity index (χ3n) is 3.56. The SMILES string of the molecule is CCCCC[C@@H](O)[C@H](O)/C=C/C=C/c1cc(OC)c(C)c(=O)o1. The van der Waals surface area contributed by atoms with Crippen LogP contribution in [0, 0.1) is 6.92 Å². The van der Waals surface area contributed by atoms with Crippen molar-refractivity contribution in [2.75, 3.05) is 7.11 Å². The average molecular weight is 322 g/mol. The average Bonchev–Trinajstić information content (AvgIpc) is 2.54. The van der Waals surface area contributed by atoms with E-state index in [1.807, 2.05) is 0 Å². The first kappa shape index (κ1) is 19.2. The van der Waals surface area contributed by atoms with E-state index in [-0.39, 0.29) is 0 Å². The van der Waals surface area contributed by atoms with Gasteiger partial charge in [-0.3, -0.25) is 0 Å². The lowest BCUT2D eigenvalue weighted by Gasteiger charge is -2.13. The minimum atomic E-state index is -0.906. The van der Waals surface area contributed by atoms with Gasteiger partial charge in [0.2, 0.25) is 0 Å². The first-order chi connectivity index (χ1) is 11.0. The first-order valence-corrected chi connectivity index (χ1v) is 7.89. The normalized spacial score (nSPS) is 14.5. The Morgan fingerprint density at radius 3 is 2.70 bits per heavy atom. The molecule has 23 heavy (non-hydrogen) atoms. The van der Waals surface area contributed by atoms with E-state index in [2.05, 4.69) is 6.92 Å². The van der Waals surface area contributed by atoms with E-state index in [4.69, 9.17) is 9.15 Å². The summed E-state index contributed by atoms with van der Waals surface area (Å²) in [6.45, 7) is 3.72. The molecule has 0 aliphatic rings. The van der Waals surface area contributed by atoms with Crippen molar-refractivity contribution in [2.45, 2.75) is 51.7 Å². The van der Waals surface area contributed by atoms with Crippen molar-refractivity contribution in [3.8, 4) is 5.75 Å². The number of aliphatic hydroxyl groups excluding tert-OH is 2. The van der Waals surface area contributed by atoms with Crippen LogP contribution in [0.25, 0.3) is 6.08 Å². The summed E-state index contributed by atoms with van der Waals surface area (Å²) in [5.74, 6) is 0.830. The predicted octanol–water partition coefficient (Wildman–Crippen LogP) is 2.83. The third kappa shape index (κ3) is 6.42. The fraction of sp³-hybridized carbons (Fsp3) is 0.500. The summed E-state index contributed by atoms with van der Waals surface area (Å²) in [5.41, 5.74) is -0.0230. The number of hydrogen-bond acceptors (Lipinski definition) is 5. The van der Waals surface area contributed by atoms with Crippen molar-refractivity contribution in [3.05, 3.63) is 46.0 Å². The molecule has 1 rings (SSSR count). The molecule has 0 bridgehead atoms. The lowest BCUT2D eigenvalue weighted by Crippen LogP contribution is -2.23. The zero-order valence-corrected chi connectivity index (χ0v) is 14.0. The minimum absolute atomic E-state index is 0.361. The van der Waals surface area contributed by atoms with E-state index in [9.17, 15) is 15.0 Å². The van der Waals surface area contributed by atoms with Crippen LogP contribution in [0.4, 0.5) is 0 Å². The topological polar surface area (TPSA) is 79.9 Å². The van der Waals surface area contributed by atoms with Crippen LogP contribution in [0.3, 0.4) is 0 Å². The van der Waals surface area contributed by atoms with Crippen molar-refractivity contribution in [1.82, 2.24) is 0 Å². The van der Waals surface area contributed by atoms with Crippen LogP contribution in [-0.4, -0.2) is 29.5 Å². The van der Waals surface area contributed by atoms with Crippen LogP contribution in [0.5, 0.6) is 5.75 Å². The smallest absolute Gasteiger partial charge is 0.342 e. The number of methoxy groups -OCH3 is 1. The molecule has 2 atom stereocenters. The zero-order valence-electron chi connectivity index (χ0n) is 14.0. The number of aliphatic hydroxyl groups is 2. The Balaban J connectivity index is 2.61. The van der Waals surface area contributed by atoms with E-state index < -0.39 is 17.8 Å². The number of unbranched alkanes of at least 4 members (excludes halogenated alkanes) is 2. The maximum absolute atomic E-state index is 11.6. The lowest BCUT2D eigenvalue weighted by atomic mass is 10.1. The summed E-state index contributed by atoms with van der Waals surface area (Å²) in [7, 11) is 1.49. The van der Waals surface area contributed by atoms with Gasteiger partial charge in [-0.25, -0.2) is 4.79 Å². The highest BCUT2D eigenvalue weighted by atomic mass is 16.5. The van der Waals surface area contributed by atoms with Gasteiger partial charge in [0.05, 0.1) is 24.9 Å². The first-order valence-electron chi connectivity index (χ1n) is 7.89. The summed E-state index contributed by atoms with van der Waals surface area (Å²) >= 11 is 0. The number of rotatable bonds is 9. The number of ether oxygens (including phenoxy) is 1. The summed E-state index contributed by atoms with van der Waals surface area (Å²) in [6, 6.07) is 1.62. The van der Waals surface area contributed by atoms with E-state index in [1.54, 1.807) is 31.2 Å². The molecule has 1 heterocycles. The van der Waals surface area contributed by atoms with Crippen LogP contribution < -0.4 is 10.4 Å². The molecule has 2 N–H and O–H groups in total. The molecule has 0 spiro atoms. The highest BCUT2D eigenvalue weighted by Crippen LogP contribution is 2.16. The predicted molar refractivity (Wildman–Crippen MR) is 90.6 cm³/mol. The fourth-order valence-corrected chi connectivity index (χ4v) is 2.08. The Labute approximate surface area is 136 Å². The fourth-order valence-electron chi connectivity index (χ4n) is 2.08. The van der Waals surface area contributed by atoms with Crippen LogP contribution in [0.1, 0.15) is 43.9 Å². The second kappa shape index (κ2) is 10.0. The maximum Gasteiger partial charge on any atom is 0.342 e. The Morgan fingerprint density at radius 1 is 1.30 bits per heavy atom. The molecule has 0 amide bonds. The summed E-state index contributed by atoms with van der Waals surface area (Å²) in [5, 5.41) is 19.6. The second-order valence-electron chi connectivity index (χ2n) is 5.43. The Kier molecular flexibility index (Phi) is 8.37. The van der Waals surface area contributed by atoms with E-state index in [1.165, 1.54) is 13.2 Å². The largest absolute Gasteiger partial charge is 0.496 e. The molecule has 0 saturated heterocycles. The molecule has 0 fully saturated rings. The lowest BCUT2D eigenvalue weighted by molar-refractivity contribution is 0.0415. The number of allylic oxidation sites excluding steroid dienone is 2. The highest BCUT2D eigenvalue weighted by Gasteiger charge is 2.11. The van der Waals surface area contributed by atoms with Crippen molar-refractivity contribution in [2.24, 2.45) is 0 Å². The molecular weight excluding hydrogens is 296 g/mol. The van der Waals surface area contributed by atoms with Crippen LogP contribution in [-0.2, 0) is 0 Å².